The van der Waals surface area contributed by atoms with E-state index >= 15 is 0 Å². The molecule has 0 aliphatic heterocycles. The summed E-state index contributed by atoms with van der Waals surface area (Å²) in [6, 6.07) is 2.95. The van der Waals surface area contributed by atoms with Gasteiger partial charge in [0.1, 0.15) is 11.3 Å². The lowest BCUT2D eigenvalue weighted by Gasteiger charge is -2.19. The van der Waals surface area contributed by atoms with E-state index in [2.05, 4.69) is 24.1 Å². The molecule has 19 heavy (non-hydrogen) atoms. The Bertz CT molecular complexity index is 623. The SMILES string of the molecule is CCNc1c(C(C)C)c(C)nc2c(F)ccc(Cl)c12. The number of halogens is 2. The number of anilines is 1. The van der Waals surface area contributed by atoms with Gasteiger partial charge in [-0.1, -0.05) is 25.4 Å². The number of hydrogen-bond acceptors (Lipinski definition) is 2. The van der Waals surface area contributed by atoms with Crippen LogP contribution in [0.3, 0.4) is 0 Å². The van der Waals surface area contributed by atoms with E-state index in [0.29, 0.717) is 21.8 Å². The molecule has 102 valence electrons. The molecule has 0 bridgehead atoms. The lowest BCUT2D eigenvalue weighted by molar-refractivity contribution is 0.636. The van der Waals surface area contributed by atoms with E-state index < -0.39 is 0 Å². The Morgan fingerprint density at radius 3 is 2.63 bits per heavy atom. The Morgan fingerprint density at radius 2 is 2.05 bits per heavy atom. The molecule has 0 unspecified atom stereocenters. The molecule has 2 rings (SSSR count). The molecule has 0 saturated heterocycles. The van der Waals surface area contributed by atoms with E-state index in [0.717, 1.165) is 23.5 Å². The second-order valence-corrected chi connectivity index (χ2v) is 5.33. The highest BCUT2D eigenvalue weighted by Crippen LogP contribution is 2.38. The van der Waals surface area contributed by atoms with Crippen molar-refractivity contribution in [3.63, 3.8) is 0 Å². The van der Waals surface area contributed by atoms with E-state index in [1.165, 1.54) is 6.07 Å². The minimum Gasteiger partial charge on any atom is -0.384 e. The largest absolute Gasteiger partial charge is 0.384 e. The van der Waals surface area contributed by atoms with Gasteiger partial charge in [-0.2, -0.15) is 0 Å². The van der Waals surface area contributed by atoms with Gasteiger partial charge in [0.25, 0.3) is 0 Å². The minimum absolute atomic E-state index is 0.297. The molecule has 4 heteroatoms. The van der Waals surface area contributed by atoms with Gasteiger partial charge in [-0.05, 0) is 37.5 Å². The van der Waals surface area contributed by atoms with Crippen molar-refractivity contribution in [1.29, 1.82) is 0 Å². The van der Waals surface area contributed by atoms with Crippen LogP contribution in [0.1, 0.15) is 37.9 Å². The molecule has 1 N–H and O–H groups in total. The zero-order chi connectivity index (χ0) is 14.2. The van der Waals surface area contributed by atoms with Crippen LogP contribution >= 0.6 is 11.6 Å². The van der Waals surface area contributed by atoms with Crippen LogP contribution in [0.4, 0.5) is 10.1 Å². The average molecular weight is 281 g/mol. The predicted octanol–water partition coefficient (Wildman–Crippen LogP) is 4.89. The summed E-state index contributed by atoms with van der Waals surface area (Å²) in [7, 11) is 0. The molecule has 2 aromatic rings. The van der Waals surface area contributed by atoms with Crippen LogP contribution in [0.5, 0.6) is 0 Å². The second-order valence-electron chi connectivity index (χ2n) is 4.92. The maximum atomic E-state index is 14.0. The van der Waals surface area contributed by atoms with E-state index in [1.54, 1.807) is 6.07 Å². The molecule has 0 radical (unpaired) electrons. The first-order valence-electron chi connectivity index (χ1n) is 6.49. The lowest BCUT2D eigenvalue weighted by atomic mass is 9.96. The Morgan fingerprint density at radius 1 is 1.37 bits per heavy atom. The van der Waals surface area contributed by atoms with Crippen LogP contribution in [0.25, 0.3) is 10.9 Å². The van der Waals surface area contributed by atoms with E-state index in [9.17, 15) is 4.39 Å². The van der Waals surface area contributed by atoms with Gasteiger partial charge in [0, 0.05) is 17.6 Å². The highest BCUT2D eigenvalue weighted by atomic mass is 35.5. The molecular weight excluding hydrogens is 263 g/mol. The van der Waals surface area contributed by atoms with Crippen LogP contribution in [-0.4, -0.2) is 11.5 Å². The Kier molecular flexibility index (Phi) is 3.95. The van der Waals surface area contributed by atoms with Crippen LogP contribution in [0, 0.1) is 12.7 Å². The number of benzene rings is 1. The first-order valence-corrected chi connectivity index (χ1v) is 6.87. The van der Waals surface area contributed by atoms with Crippen molar-refractivity contribution in [3.8, 4) is 0 Å². The monoisotopic (exact) mass is 280 g/mol. The van der Waals surface area contributed by atoms with Crippen molar-refractivity contribution < 1.29 is 4.39 Å². The lowest BCUT2D eigenvalue weighted by Crippen LogP contribution is -2.07. The molecule has 1 heterocycles. The summed E-state index contributed by atoms with van der Waals surface area (Å²) in [5.74, 6) is -0.0396. The summed E-state index contributed by atoms with van der Waals surface area (Å²) >= 11 is 6.25. The maximum Gasteiger partial charge on any atom is 0.149 e. The fraction of sp³-hybridized carbons (Fsp3) is 0.400. The zero-order valence-corrected chi connectivity index (χ0v) is 12.4. The summed E-state index contributed by atoms with van der Waals surface area (Å²) < 4.78 is 14.0. The quantitative estimate of drug-likeness (QED) is 0.866. The van der Waals surface area contributed by atoms with E-state index in [1.807, 2.05) is 13.8 Å². The Balaban J connectivity index is 2.94. The third-order valence-corrected chi connectivity index (χ3v) is 3.51. The third-order valence-electron chi connectivity index (χ3n) is 3.20. The maximum absolute atomic E-state index is 14.0. The van der Waals surface area contributed by atoms with Gasteiger partial charge in [-0.3, -0.25) is 0 Å². The average Bonchev–Trinajstić information content (AvgIpc) is 2.33. The highest BCUT2D eigenvalue weighted by molar-refractivity contribution is 6.36. The molecule has 0 aliphatic carbocycles. The molecule has 1 aromatic carbocycles. The Hall–Kier alpha value is -1.35. The number of fused-ring (bicyclic) bond motifs is 1. The van der Waals surface area contributed by atoms with Crippen molar-refractivity contribution in [2.45, 2.75) is 33.6 Å². The van der Waals surface area contributed by atoms with Crippen molar-refractivity contribution in [3.05, 3.63) is 34.2 Å². The van der Waals surface area contributed by atoms with E-state index in [-0.39, 0.29) is 5.82 Å². The number of aromatic nitrogens is 1. The molecule has 2 nitrogen and oxygen atoms in total. The fourth-order valence-electron chi connectivity index (χ4n) is 2.50. The molecule has 0 amide bonds. The summed E-state index contributed by atoms with van der Waals surface area (Å²) in [5.41, 5.74) is 3.19. The summed E-state index contributed by atoms with van der Waals surface area (Å²) in [5, 5.41) is 4.53. The standard InChI is InChI=1S/C15H18ClFN2/c1-5-18-15-12(8(2)3)9(4)19-14-11(17)7-6-10(16)13(14)15/h6-8H,5H2,1-4H3,(H,18,19). The van der Waals surface area contributed by atoms with Crippen LogP contribution in [0.15, 0.2) is 12.1 Å². The zero-order valence-electron chi connectivity index (χ0n) is 11.6. The van der Waals surface area contributed by atoms with Gasteiger partial charge in [-0.15, -0.1) is 0 Å². The van der Waals surface area contributed by atoms with Gasteiger partial charge < -0.3 is 5.32 Å². The summed E-state index contributed by atoms with van der Waals surface area (Å²) in [6.07, 6.45) is 0. The number of nitrogens with zero attached hydrogens (tertiary/aromatic N) is 1. The summed E-state index contributed by atoms with van der Waals surface area (Å²) in [6.45, 7) is 8.88. The topological polar surface area (TPSA) is 24.9 Å². The second kappa shape index (κ2) is 5.33. The molecule has 0 atom stereocenters. The van der Waals surface area contributed by atoms with Gasteiger partial charge in [-0.25, -0.2) is 9.37 Å². The number of pyridine rings is 1. The normalized spacial score (nSPS) is 11.3. The van der Waals surface area contributed by atoms with Gasteiger partial charge >= 0.3 is 0 Å². The number of nitrogens with one attached hydrogen (secondary N) is 1. The molecule has 0 spiro atoms. The first kappa shape index (κ1) is 14.1. The smallest absolute Gasteiger partial charge is 0.149 e. The number of aryl methyl sites for hydroxylation is 1. The van der Waals surface area contributed by atoms with Crippen molar-refractivity contribution in [2.75, 3.05) is 11.9 Å². The molecular formula is C15H18ClFN2. The van der Waals surface area contributed by atoms with Gasteiger partial charge in [0.2, 0.25) is 0 Å². The number of hydrogen-bond donors (Lipinski definition) is 1. The first-order chi connectivity index (χ1) is 8.97. The van der Waals surface area contributed by atoms with Crippen molar-refractivity contribution >= 4 is 28.2 Å². The molecule has 0 fully saturated rings. The molecule has 1 aromatic heterocycles. The van der Waals surface area contributed by atoms with Crippen molar-refractivity contribution in [1.82, 2.24) is 4.98 Å². The number of rotatable bonds is 3. The van der Waals surface area contributed by atoms with Gasteiger partial charge in [0.15, 0.2) is 0 Å². The predicted molar refractivity (Wildman–Crippen MR) is 79.7 cm³/mol. The Labute approximate surface area is 118 Å². The van der Waals surface area contributed by atoms with E-state index in [4.69, 9.17) is 11.6 Å². The van der Waals surface area contributed by atoms with Crippen LogP contribution in [-0.2, 0) is 0 Å². The molecule has 0 saturated carbocycles. The van der Waals surface area contributed by atoms with Crippen LogP contribution in [0.2, 0.25) is 5.02 Å². The minimum atomic E-state index is -0.336. The highest BCUT2D eigenvalue weighted by Gasteiger charge is 2.18. The third kappa shape index (κ3) is 2.39. The van der Waals surface area contributed by atoms with Crippen LogP contribution < -0.4 is 5.32 Å². The van der Waals surface area contributed by atoms with Gasteiger partial charge in [0.05, 0.1) is 10.7 Å². The fourth-order valence-corrected chi connectivity index (χ4v) is 2.75. The molecule has 0 aliphatic rings. The summed E-state index contributed by atoms with van der Waals surface area (Å²) in [4.78, 5) is 4.40. The van der Waals surface area contributed by atoms with Crippen molar-refractivity contribution in [2.24, 2.45) is 0 Å².